The summed E-state index contributed by atoms with van der Waals surface area (Å²) in [6.45, 7) is 6.05. The molecule has 0 amide bonds. The Bertz CT molecular complexity index is 71.3. The van der Waals surface area contributed by atoms with Crippen molar-refractivity contribution in [3.05, 3.63) is 12.7 Å². The van der Waals surface area contributed by atoms with Crippen LogP contribution in [0, 0.1) is 0 Å². The maximum atomic E-state index is 8.74. The van der Waals surface area contributed by atoms with Crippen LogP contribution in [0.2, 0.25) is 0 Å². The molecule has 0 fully saturated rings. The number of hydrogen-bond donors (Lipinski definition) is 1. The lowest BCUT2D eigenvalue weighted by Gasteiger charge is -2.04. The maximum absolute atomic E-state index is 8.74. The van der Waals surface area contributed by atoms with E-state index in [9.17, 15) is 0 Å². The third-order valence-electron chi connectivity index (χ3n) is 0.988. The molecule has 0 aliphatic heterocycles. The Morgan fingerprint density at radius 2 is 2.44 bits per heavy atom. The van der Waals surface area contributed by atoms with E-state index >= 15 is 0 Å². The molecule has 0 spiro atoms. The Kier molecular flexibility index (Phi) is 5.57. The van der Waals surface area contributed by atoms with E-state index in [0.29, 0.717) is 6.61 Å². The minimum Gasteiger partial charge on any atom is -0.365 e. The van der Waals surface area contributed by atoms with Crippen LogP contribution in [0.4, 0.5) is 0 Å². The van der Waals surface area contributed by atoms with Gasteiger partial charge in [-0.3, -0.25) is 0 Å². The molecule has 0 bridgehead atoms. The molecule has 54 valence electrons. The first-order valence-corrected chi connectivity index (χ1v) is 3.23. The number of aliphatic hydroxyl groups is 1. The summed E-state index contributed by atoms with van der Waals surface area (Å²) in [4.78, 5) is 0. The standard InChI is InChI=1S/C7H14O2/c1-3-5-6-9-7(8)4-2/h4,7-8H,2-3,5-6H2,1H3. The lowest BCUT2D eigenvalue weighted by molar-refractivity contribution is -0.0645. The number of rotatable bonds is 5. The quantitative estimate of drug-likeness (QED) is 0.345. The Hall–Kier alpha value is -0.340. The second-order valence-corrected chi connectivity index (χ2v) is 1.85. The minimum absolute atomic E-state index is 0.615. The van der Waals surface area contributed by atoms with Gasteiger partial charge >= 0.3 is 0 Å². The van der Waals surface area contributed by atoms with E-state index in [2.05, 4.69) is 13.5 Å². The number of hydrogen-bond acceptors (Lipinski definition) is 2. The molecule has 2 heteroatoms. The fourth-order valence-electron chi connectivity index (χ4n) is 0.416. The van der Waals surface area contributed by atoms with E-state index in [1.807, 2.05) is 0 Å². The van der Waals surface area contributed by atoms with E-state index in [1.54, 1.807) is 0 Å². The van der Waals surface area contributed by atoms with Gasteiger partial charge < -0.3 is 9.84 Å². The molecule has 1 N–H and O–H groups in total. The summed E-state index contributed by atoms with van der Waals surface area (Å²) >= 11 is 0. The zero-order chi connectivity index (χ0) is 7.11. The highest BCUT2D eigenvalue weighted by atomic mass is 16.6. The smallest absolute Gasteiger partial charge is 0.173 e. The number of unbranched alkanes of at least 4 members (excludes halogenated alkanes) is 1. The van der Waals surface area contributed by atoms with Gasteiger partial charge in [-0.2, -0.15) is 0 Å². The molecule has 0 aromatic rings. The van der Waals surface area contributed by atoms with Gasteiger partial charge in [-0.05, 0) is 12.5 Å². The molecule has 0 saturated carbocycles. The Labute approximate surface area is 56.1 Å². The first kappa shape index (κ1) is 8.66. The summed E-state index contributed by atoms with van der Waals surface area (Å²) in [7, 11) is 0. The highest BCUT2D eigenvalue weighted by Gasteiger charge is 1.93. The Balaban J connectivity index is 2.96. The summed E-state index contributed by atoms with van der Waals surface area (Å²) in [5.74, 6) is 0. The first-order valence-electron chi connectivity index (χ1n) is 3.23. The van der Waals surface area contributed by atoms with Crippen LogP contribution >= 0.6 is 0 Å². The Morgan fingerprint density at radius 3 is 2.89 bits per heavy atom. The van der Waals surface area contributed by atoms with Crippen molar-refractivity contribution in [2.24, 2.45) is 0 Å². The fourth-order valence-corrected chi connectivity index (χ4v) is 0.416. The van der Waals surface area contributed by atoms with Crippen LogP contribution in [0.1, 0.15) is 19.8 Å². The van der Waals surface area contributed by atoms with Crippen LogP contribution in [0.5, 0.6) is 0 Å². The van der Waals surface area contributed by atoms with Crippen LogP contribution in [-0.2, 0) is 4.74 Å². The molecule has 0 aliphatic rings. The molecule has 9 heavy (non-hydrogen) atoms. The number of aliphatic hydroxyl groups excluding tert-OH is 1. The molecule has 1 atom stereocenters. The van der Waals surface area contributed by atoms with Crippen molar-refractivity contribution >= 4 is 0 Å². The van der Waals surface area contributed by atoms with Gasteiger partial charge in [-0.1, -0.05) is 19.9 Å². The summed E-state index contributed by atoms with van der Waals surface area (Å²) in [5.41, 5.74) is 0. The van der Waals surface area contributed by atoms with Crippen LogP contribution in [0.25, 0.3) is 0 Å². The van der Waals surface area contributed by atoms with Gasteiger partial charge in [-0.15, -0.1) is 0 Å². The number of ether oxygens (including phenoxy) is 1. The van der Waals surface area contributed by atoms with E-state index in [0.717, 1.165) is 12.8 Å². The van der Waals surface area contributed by atoms with Crippen molar-refractivity contribution in [3.8, 4) is 0 Å². The second-order valence-electron chi connectivity index (χ2n) is 1.85. The van der Waals surface area contributed by atoms with E-state index in [-0.39, 0.29) is 0 Å². The molecule has 1 unspecified atom stereocenters. The van der Waals surface area contributed by atoms with Gasteiger partial charge in [-0.25, -0.2) is 0 Å². The molecule has 0 aliphatic carbocycles. The summed E-state index contributed by atoms with van der Waals surface area (Å²) in [6.07, 6.45) is 2.67. The Morgan fingerprint density at radius 1 is 1.78 bits per heavy atom. The molecular formula is C7H14O2. The average Bonchev–Trinajstić information content (AvgIpc) is 1.89. The van der Waals surface area contributed by atoms with Crippen molar-refractivity contribution in [2.45, 2.75) is 26.1 Å². The molecule has 0 aromatic heterocycles. The van der Waals surface area contributed by atoms with Gasteiger partial charge in [0.2, 0.25) is 0 Å². The van der Waals surface area contributed by atoms with Gasteiger partial charge in [0.05, 0.1) is 6.61 Å². The monoisotopic (exact) mass is 130 g/mol. The molecule has 0 heterocycles. The largest absolute Gasteiger partial charge is 0.365 e. The lowest BCUT2D eigenvalue weighted by atomic mass is 10.4. The topological polar surface area (TPSA) is 29.5 Å². The van der Waals surface area contributed by atoms with Crippen molar-refractivity contribution in [2.75, 3.05) is 6.61 Å². The summed E-state index contributed by atoms with van der Waals surface area (Å²) < 4.78 is 4.87. The van der Waals surface area contributed by atoms with Crippen molar-refractivity contribution in [1.82, 2.24) is 0 Å². The van der Waals surface area contributed by atoms with Gasteiger partial charge in [0.25, 0.3) is 0 Å². The highest BCUT2D eigenvalue weighted by molar-refractivity contribution is 4.69. The van der Waals surface area contributed by atoms with Crippen molar-refractivity contribution < 1.29 is 9.84 Å². The molecule has 0 saturated heterocycles. The normalized spacial score (nSPS) is 13.1. The molecule has 2 nitrogen and oxygen atoms in total. The van der Waals surface area contributed by atoms with E-state index in [4.69, 9.17) is 9.84 Å². The zero-order valence-electron chi connectivity index (χ0n) is 5.84. The van der Waals surface area contributed by atoms with Crippen LogP contribution in [0.15, 0.2) is 12.7 Å². The fraction of sp³-hybridized carbons (Fsp3) is 0.714. The summed E-state index contributed by atoms with van der Waals surface area (Å²) in [5, 5.41) is 8.74. The molecule has 0 aromatic carbocycles. The molecule has 0 radical (unpaired) electrons. The highest BCUT2D eigenvalue weighted by Crippen LogP contribution is 1.92. The minimum atomic E-state index is -0.781. The van der Waals surface area contributed by atoms with Crippen LogP contribution < -0.4 is 0 Å². The average molecular weight is 130 g/mol. The summed E-state index contributed by atoms with van der Waals surface area (Å²) in [6, 6.07) is 0. The lowest BCUT2D eigenvalue weighted by Crippen LogP contribution is -2.08. The van der Waals surface area contributed by atoms with Crippen molar-refractivity contribution in [1.29, 1.82) is 0 Å². The van der Waals surface area contributed by atoms with Gasteiger partial charge in [0, 0.05) is 0 Å². The predicted molar refractivity (Wildman–Crippen MR) is 37.1 cm³/mol. The predicted octanol–water partition coefficient (Wildman–Crippen LogP) is 1.31. The van der Waals surface area contributed by atoms with Crippen LogP contribution in [0.3, 0.4) is 0 Å². The molecule has 0 rings (SSSR count). The molecular weight excluding hydrogens is 116 g/mol. The van der Waals surface area contributed by atoms with E-state index in [1.165, 1.54) is 6.08 Å². The zero-order valence-corrected chi connectivity index (χ0v) is 5.84. The van der Waals surface area contributed by atoms with E-state index < -0.39 is 6.29 Å². The van der Waals surface area contributed by atoms with Gasteiger partial charge in [0.1, 0.15) is 0 Å². The van der Waals surface area contributed by atoms with Gasteiger partial charge in [0.15, 0.2) is 6.29 Å². The third-order valence-corrected chi connectivity index (χ3v) is 0.988. The first-order chi connectivity index (χ1) is 4.31. The third kappa shape index (κ3) is 5.53. The second kappa shape index (κ2) is 5.79. The SMILES string of the molecule is C=CC(O)OCCCC. The maximum Gasteiger partial charge on any atom is 0.173 e. The van der Waals surface area contributed by atoms with Crippen molar-refractivity contribution in [3.63, 3.8) is 0 Å². The van der Waals surface area contributed by atoms with Crippen LogP contribution in [-0.4, -0.2) is 18.0 Å².